The first-order valence-electron chi connectivity index (χ1n) is 8.15. The lowest BCUT2D eigenvalue weighted by Crippen LogP contribution is -2.42. The molecule has 0 radical (unpaired) electrons. The van der Waals surface area contributed by atoms with Crippen LogP contribution >= 0.6 is 0 Å². The van der Waals surface area contributed by atoms with Crippen LogP contribution in [0.3, 0.4) is 0 Å². The van der Waals surface area contributed by atoms with Crippen LogP contribution in [0.4, 0.5) is 0 Å². The second-order valence-corrected chi connectivity index (χ2v) is 9.04. The van der Waals surface area contributed by atoms with Crippen molar-refractivity contribution in [3.63, 3.8) is 0 Å². The van der Waals surface area contributed by atoms with E-state index in [4.69, 9.17) is 0 Å². The molecule has 2 atom stereocenters. The van der Waals surface area contributed by atoms with Gasteiger partial charge in [0.15, 0.2) is 0 Å². The number of hydrogen-bond donors (Lipinski definition) is 0. The molecule has 6 heteroatoms. The number of benzene rings is 1. The molecule has 1 aromatic carbocycles. The Labute approximate surface area is 141 Å². The number of nitrogens with zero attached hydrogens (tertiary/aromatic N) is 3. The van der Waals surface area contributed by atoms with Gasteiger partial charge in [-0.15, -0.1) is 0 Å². The number of hydrogen-bond acceptors (Lipinski definition) is 3. The maximum Gasteiger partial charge on any atom is 0.282 e. The molecule has 0 aromatic heterocycles. The topological polar surface area (TPSA) is 43.9 Å². The van der Waals surface area contributed by atoms with Crippen LogP contribution in [-0.2, 0) is 16.8 Å². The normalized spacial score (nSPS) is 23.3. The predicted octanol–water partition coefficient (Wildman–Crippen LogP) is 1.88. The lowest BCUT2D eigenvalue weighted by atomic mass is 9.91. The average molecular weight is 340 g/mol. The van der Waals surface area contributed by atoms with Crippen LogP contribution < -0.4 is 0 Å². The Balaban J connectivity index is 2.13. The van der Waals surface area contributed by atoms with E-state index in [1.165, 1.54) is 4.31 Å². The highest BCUT2D eigenvalue weighted by Crippen LogP contribution is 2.29. The zero-order valence-corrected chi connectivity index (χ0v) is 15.6. The fourth-order valence-electron chi connectivity index (χ4n) is 3.28. The summed E-state index contributed by atoms with van der Waals surface area (Å²) in [5.74, 6) is 0.826. The summed E-state index contributed by atoms with van der Waals surface area (Å²) in [6.07, 6.45) is 0. The van der Waals surface area contributed by atoms with E-state index in [2.05, 4.69) is 18.7 Å². The Kier molecular flexibility index (Phi) is 5.84. The molecule has 1 fully saturated rings. The molecule has 0 amide bonds. The van der Waals surface area contributed by atoms with Crippen molar-refractivity contribution in [2.24, 2.45) is 11.8 Å². The molecule has 130 valence electrons. The Morgan fingerprint density at radius 3 is 2.22 bits per heavy atom. The summed E-state index contributed by atoms with van der Waals surface area (Å²) in [5, 5.41) is 0. The zero-order valence-electron chi connectivity index (χ0n) is 14.8. The van der Waals surface area contributed by atoms with Gasteiger partial charge in [0, 0.05) is 32.7 Å². The van der Waals surface area contributed by atoms with Crippen molar-refractivity contribution in [3.05, 3.63) is 35.9 Å². The van der Waals surface area contributed by atoms with Crippen molar-refractivity contribution in [3.8, 4) is 0 Å². The van der Waals surface area contributed by atoms with E-state index in [0.29, 0.717) is 31.5 Å². The van der Waals surface area contributed by atoms with Crippen LogP contribution in [0.25, 0.3) is 0 Å². The highest BCUT2D eigenvalue weighted by molar-refractivity contribution is 7.86. The van der Waals surface area contributed by atoms with Gasteiger partial charge in [-0.05, 0) is 31.5 Å². The number of rotatable bonds is 6. The smallest absolute Gasteiger partial charge is 0.282 e. The van der Waals surface area contributed by atoms with Gasteiger partial charge >= 0.3 is 0 Å². The maximum atomic E-state index is 12.9. The van der Waals surface area contributed by atoms with E-state index in [9.17, 15) is 8.42 Å². The highest BCUT2D eigenvalue weighted by atomic mass is 32.2. The summed E-state index contributed by atoms with van der Waals surface area (Å²) in [4.78, 5) is 2.15. The largest absolute Gasteiger partial charge is 0.305 e. The molecule has 0 spiro atoms. The average Bonchev–Trinajstić information content (AvgIpc) is 2.94. The van der Waals surface area contributed by atoms with Crippen molar-refractivity contribution in [2.75, 3.05) is 34.2 Å². The van der Waals surface area contributed by atoms with Crippen LogP contribution in [0.15, 0.2) is 30.3 Å². The summed E-state index contributed by atoms with van der Waals surface area (Å²) in [6.45, 7) is 5.91. The van der Waals surface area contributed by atoms with E-state index in [1.54, 1.807) is 11.4 Å². The van der Waals surface area contributed by atoms with Gasteiger partial charge in [0.25, 0.3) is 10.2 Å². The Morgan fingerprint density at radius 2 is 1.74 bits per heavy atom. The van der Waals surface area contributed by atoms with Crippen LogP contribution in [-0.4, -0.2) is 62.2 Å². The molecule has 1 aliphatic heterocycles. The number of likely N-dealkylation sites (N-methyl/N-ethyl adjacent to an activating group) is 1. The predicted molar refractivity (Wildman–Crippen MR) is 94.2 cm³/mol. The van der Waals surface area contributed by atoms with Gasteiger partial charge in [-0.2, -0.15) is 17.0 Å². The van der Waals surface area contributed by atoms with Crippen molar-refractivity contribution in [1.29, 1.82) is 0 Å². The minimum absolute atomic E-state index is 0.273. The van der Waals surface area contributed by atoms with Gasteiger partial charge in [0.2, 0.25) is 0 Å². The quantitative estimate of drug-likeness (QED) is 0.795. The summed E-state index contributed by atoms with van der Waals surface area (Å²) in [6, 6.07) is 9.98. The lowest BCUT2D eigenvalue weighted by Gasteiger charge is -2.27. The molecule has 5 nitrogen and oxygen atoms in total. The first kappa shape index (κ1) is 18.4. The first-order chi connectivity index (χ1) is 10.7. The Morgan fingerprint density at radius 1 is 1.13 bits per heavy atom. The molecule has 1 heterocycles. The molecule has 0 saturated carbocycles. The van der Waals surface area contributed by atoms with Gasteiger partial charge in [-0.1, -0.05) is 44.2 Å². The van der Waals surface area contributed by atoms with Crippen molar-refractivity contribution in [2.45, 2.75) is 26.4 Å². The van der Waals surface area contributed by atoms with Crippen LogP contribution in [0.1, 0.15) is 19.4 Å². The van der Waals surface area contributed by atoms with Crippen LogP contribution in [0, 0.1) is 11.8 Å². The molecule has 23 heavy (non-hydrogen) atoms. The van der Waals surface area contributed by atoms with E-state index in [-0.39, 0.29) is 6.04 Å². The molecule has 2 rings (SSSR count). The third-order valence-electron chi connectivity index (χ3n) is 4.79. The van der Waals surface area contributed by atoms with Crippen molar-refractivity contribution < 1.29 is 8.42 Å². The standard InChI is InChI=1S/C17H29N3O2S/c1-14(2)16-12-20(13-17(16)18(3)4)23(21,22)19(5)11-15-9-7-6-8-10-15/h6-10,14,16-17H,11-13H2,1-5H3/t16-,17+/m1/s1. The summed E-state index contributed by atoms with van der Waals surface area (Å²) >= 11 is 0. The molecule has 1 saturated heterocycles. The maximum absolute atomic E-state index is 12.9. The Hall–Kier alpha value is -0.950. The van der Waals surface area contributed by atoms with Gasteiger partial charge < -0.3 is 4.90 Å². The van der Waals surface area contributed by atoms with E-state index in [0.717, 1.165) is 5.56 Å². The van der Waals surface area contributed by atoms with Crippen molar-refractivity contribution in [1.82, 2.24) is 13.5 Å². The molecular weight excluding hydrogens is 310 g/mol. The van der Waals surface area contributed by atoms with Crippen LogP contribution in [0.5, 0.6) is 0 Å². The minimum Gasteiger partial charge on any atom is -0.305 e. The van der Waals surface area contributed by atoms with Gasteiger partial charge in [-0.25, -0.2) is 0 Å². The first-order valence-corrected chi connectivity index (χ1v) is 9.55. The molecular formula is C17H29N3O2S. The second-order valence-electron chi connectivity index (χ2n) is 7.01. The lowest BCUT2D eigenvalue weighted by molar-refractivity contribution is 0.216. The molecule has 0 aliphatic carbocycles. The van der Waals surface area contributed by atoms with Gasteiger partial charge in [0.05, 0.1) is 0 Å². The Bertz CT molecular complexity index is 586. The molecule has 0 bridgehead atoms. The van der Waals surface area contributed by atoms with E-state index < -0.39 is 10.2 Å². The fraction of sp³-hybridized carbons (Fsp3) is 0.647. The van der Waals surface area contributed by atoms with E-state index in [1.807, 2.05) is 44.4 Å². The van der Waals surface area contributed by atoms with Gasteiger partial charge in [0.1, 0.15) is 0 Å². The molecule has 1 aromatic rings. The highest BCUT2D eigenvalue weighted by Gasteiger charge is 2.42. The third-order valence-corrected chi connectivity index (χ3v) is 6.65. The molecule has 1 aliphatic rings. The summed E-state index contributed by atoms with van der Waals surface area (Å²) < 4.78 is 28.9. The van der Waals surface area contributed by atoms with E-state index >= 15 is 0 Å². The van der Waals surface area contributed by atoms with Gasteiger partial charge in [-0.3, -0.25) is 0 Å². The monoisotopic (exact) mass is 339 g/mol. The van der Waals surface area contributed by atoms with Crippen molar-refractivity contribution >= 4 is 10.2 Å². The third kappa shape index (κ3) is 4.12. The fourth-order valence-corrected chi connectivity index (χ4v) is 4.69. The molecule has 0 unspecified atom stereocenters. The molecule has 0 N–H and O–H groups in total. The zero-order chi connectivity index (χ0) is 17.2. The van der Waals surface area contributed by atoms with Crippen LogP contribution in [0.2, 0.25) is 0 Å². The SMILES string of the molecule is CC(C)[C@H]1CN(S(=O)(=O)N(C)Cc2ccccc2)C[C@@H]1N(C)C. The second kappa shape index (κ2) is 7.30. The summed E-state index contributed by atoms with van der Waals surface area (Å²) in [7, 11) is 2.30. The minimum atomic E-state index is -3.43. The summed E-state index contributed by atoms with van der Waals surface area (Å²) in [5.41, 5.74) is 1.00.